The topological polar surface area (TPSA) is 57.5 Å². The molecule has 0 aromatic heterocycles. The standard InChI is InChI=1S/C7H14O3S/c1-5(7(2,3)10)11-4-6(8)9/h5,10H,4H2,1-3H3,(H,8,9). The van der Waals surface area contributed by atoms with Gasteiger partial charge in [-0.1, -0.05) is 6.92 Å². The maximum absolute atomic E-state index is 10.1. The second-order valence-electron chi connectivity index (χ2n) is 3.00. The quantitative estimate of drug-likeness (QED) is 0.673. The molecule has 0 aliphatic rings. The van der Waals surface area contributed by atoms with Crippen molar-refractivity contribution in [2.75, 3.05) is 5.75 Å². The van der Waals surface area contributed by atoms with Crippen LogP contribution in [0.2, 0.25) is 0 Å². The lowest BCUT2D eigenvalue weighted by Crippen LogP contribution is -2.31. The van der Waals surface area contributed by atoms with Crippen molar-refractivity contribution in [3.63, 3.8) is 0 Å². The third kappa shape index (κ3) is 5.09. The molecule has 1 atom stereocenters. The molecule has 0 amide bonds. The summed E-state index contributed by atoms with van der Waals surface area (Å²) in [5.74, 6) is -0.795. The number of rotatable bonds is 4. The van der Waals surface area contributed by atoms with Gasteiger partial charge < -0.3 is 10.2 Å². The number of carboxylic acids is 1. The van der Waals surface area contributed by atoms with Crippen LogP contribution in [0.15, 0.2) is 0 Å². The molecule has 4 heteroatoms. The van der Waals surface area contributed by atoms with Gasteiger partial charge in [0.05, 0.1) is 11.4 Å². The van der Waals surface area contributed by atoms with Crippen LogP contribution < -0.4 is 0 Å². The van der Waals surface area contributed by atoms with E-state index in [1.165, 1.54) is 11.8 Å². The molecule has 0 aromatic rings. The van der Waals surface area contributed by atoms with Gasteiger partial charge in [0.2, 0.25) is 0 Å². The number of hydrogen-bond donors (Lipinski definition) is 2. The first-order valence-electron chi connectivity index (χ1n) is 3.40. The van der Waals surface area contributed by atoms with E-state index in [1.54, 1.807) is 13.8 Å². The van der Waals surface area contributed by atoms with Gasteiger partial charge in [-0.05, 0) is 13.8 Å². The van der Waals surface area contributed by atoms with Crippen molar-refractivity contribution >= 4 is 17.7 Å². The van der Waals surface area contributed by atoms with E-state index in [2.05, 4.69) is 0 Å². The van der Waals surface area contributed by atoms with Crippen LogP contribution in [0.1, 0.15) is 20.8 Å². The van der Waals surface area contributed by atoms with E-state index in [9.17, 15) is 9.90 Å². The zero-order valence-electron chi connectivity index (χ0n) is 7.00. The number of carbonyl (C=O) groups is 1. The smallest absolute Gasteiger partial charge is 0.313 e. The zero-order valence-corrected chi connectivity index (χ0v) is 7.81. The fourth-order valence-corrected chi connectivity index (χ4v) is 1.20. The average Bonchev–Trinajstić information content (AvgIpc) is 1.80. The largest absolute Gasteiger partial charge is 0.481 e. The molecule has 2 N–H and O–H groups in total. The Balaban J connectivity index is 3.70. The van der Waals surface area contributed by atoms with Gasteiger partial charge in [-0.3, -0.25) is 4.79 Å². The molecule has 0 radical (unpaired) electrons. The van der Waals surface area contributed by atoms with Gasteiger partial charge in [-0.15, -0.1) is 11.8 Å². The van der Waals surface area contributed by atoms with Gasteiger partial charge in [0, 0.05) is 5.25 Å². The van der Waals surface area contributed by atoms with Gasteiger partial charge in [0.25, 0.3) is 0 Å². The van der Waals surface area contributed by atoms with E-state index in [0.717, 1.165) is 0 Å². The molecule has 11 heavy (non-hydrogen) atoms. The Morgan fingerprint density at radius 1 is 1.64 bits per heavy atom. The molecule has 0 fully saturated rings. The van der Waals surface area contributed by atoms with E-state index >= 15 is 0 Å². The Labute approximate surface area is 70.8 Å². The number of aliphatic carboxylic acids is 1. The summed E-state index contributed by atoms with van der Waals surface area (Å²) in [5, 5.41) is 17.7. The second-order valence-corrected chi connectivity index (χ2v) is 4.33. The number of carboxylic acid groups (broad SMARTS) is 1. The van der Waals surface area contributed by atoms with Crippen molar-refractivity contribution < 1.29 is 15.0 Å². The van der Waals surface area contributed by atoms with Crippen LogP contribution in [0.3, 0.4) is 0 Å². The van der Waals surface area contributed by atoms with E-state index in [1.807, 2.05) is 6.92 Å². The average molecular weight is 178 g/mol. The highest BCUT2D eigenvalue weighted by Gasteiger charge is 2.22. The molecule has 3 nitrogen and oxygen atoms in total. The van der Waals surface area contributed by atoms with Gasteiger partial charge in [-0.25, -0.2) is 0 Å². The molecule has 0 saturated heterocycles. The summed E-state index contributed by atoms with van der Waals surface area (Å²) >= 11 is 1.24. The number of thioether (sulfide) groups is 1. The highest BCUT2D eigenvalue weighted by molar-refractivity contribution is 8.00. The Morgan fingerprint density at radius 2 is 2.09 bits per heavy atom. The first-order valence-corrected chi connectivity index (χ1v) is 4.44. The van der Waals surface area contributed by atoms with Gasteiger partial charge in [-0.2, -0.15) is 0 Å². The van der Waals surface area contributed by atoms with Crippen LogP contribution in [0.25, 0.3) is 0 Å². The van der Waals surface area contributed by atoms with Gasteiger partial charge in [0.1, 0.15) is 0 Å². The predicted molar refractivity (Wildman–Crippen MR) is 45.9 cm³/mol. The molecule has 0 saturated carbocycles. The van der Waals surface area contributed by atoms with Crippen LogP contribution in [0, 0.1) is 0 Å². The zero-order chi connectivity index (χ0) is 9.07. The summed E-state index contributed by atoms with van der Waals surface area (Å²) in [6, 6.07) is 0. The van der Waals surface area contributed by atoms with E-state index < -0.39 is 11.6 Å². The van der Waals surface area contributed by atoms with Crippen molar-refractivity contribution in [2.24, 2.45) is 0 Å². The summed E-state index contributed by atoms with van der Waals surface area (Å²) in [6.07, 6.45) is 0. The molecule has 0 aromatic carbocycles. The number of hydrogen-bond acceptors (Lipinski definition) is 3. The number of aliphatic hydroxyl groups is 1. The molecule has 0 rings (SSSR count). The third-order valence-corrected chi connectivity index (χ3v) is 2.94. The van der Waals surface area contributed by atoms with Crippen LogP contribution in [0.5, 0.6) is 0 Å². The molecule has 0 bridgehead atoms. The summed E-state index contributed by atoms with van der Waals surface area (Å²) in [7, 11) is 0. The maximum atomic E-state index is 10.1. The lowest BCUT2D eigenvalue weighted by molar-refractivity contribution is -0.133. The molecular weight excluding hydrogens is 164 g/mol. The van der Waals surface area contributed by atoms with E-state index in [4.69, 9.17) is 5.11 Å². The van der Waals surface area contributed by atoms with Gasteiger partial charge >= 0.3 is 5.97 Å². The first-order chi connectivity index (χ1) is 4.84. The van der Waals surface area contributed by atoms with Crippen molar-refractivity contribution in [3.05, 3.63) is 0 Å². The van der Waals surface area contributed by atoms with Crippen LogP contribution in [0.4, 0.5) is 0 Å². The minimum Gasteiger partial charge on any atom is -0.481 e. The minimum absolute atomic E-state index is 0.0468. The minimum atomic E-state index is -0.842. The monoisotopic (exact) mass is 178 g/mol. The molecule has 0 spiro atoms. The Bertz CT molecular complexity index is 139. The molecule has 0 heterocycles. The predicted octanol–water partition coefficient (Wildman–Crippen LogP) is 0.964. The maximum Gasteiger partial charge on any atom is 0.313 e. The van der Waals surface area contributed by atoms with Crippen LogP contribution in [-0.4, -0.2) is 32.8 Å². The third-order valence-electron chi connectivity index (χ3n) is 1.45. The fraction of sp³-hybridized carbons (Fsp3) is 0.857. The van der Waals surface area contributed by atoms with E-state index in [0.29, 0.717) is 0 Å². The lowest BCUT2D eigenvalue weighted by atomic mass is 10.1. The fourth-order valence-electron chi connectivity index (χ4n) is 0.400. The van der Waals surface area contributed by atoms with Crippen molar-refractivity contribution in [2.45, 2.75) is 31.6 Å². The normalized spacial score (nSPS) is 14.5. The molecule has 0 aliphatic heterocycles. The lowest BCUT2D eigenvalue weighted by Gasteiger charge is -2.24. The highest BCUT2D eigenvalue weighted by Crippen LogP contribution is 2.21. The van der Waals surface area contributed by atoms with Crippen LogP contribution in [-0.2, 0) is 4.79 Å². The summed E-state index contributed by atoms with van der Waals surface area (Å²) in [5.41, 5.74) is -0.805. The summed E-state index contributed by atoms with van der Waals surface area (Å²) < 4.78 is 0. The Hall–Kier alpha value is -0.220. The SMILES string of the molecule is CC(SCC(=O)O)C(C)(C)O. The van der Waals surface area contributed by atoms with Crippen molar-refractivity contribution in [1.29, 1.82) is 0 Å². The molecule has 1 unspecified atom stereocenters. The highest BCUT2D eigenvalue weighted by atomic mass is 32.2. The first kappa shape index (κ1) is 10.8. The van der Waals surface area contributed by atoms with Crippen LogP contribution >= 0.6 is 11.8 Å². The van der Waals surface area contributed by atoms with Gasteiger partial charge in [0.15, 0.2) is 0 Å². The Morgan fingerprint density at radius 3 is 2.36 bits per heavy atom. The second kappa shape index (κ2) is 3.97. The Kier molecular flexibility index (Phi) is 3.89. The molecule has 0 aliphatic carbocycles. The van der Waals surface area contributed by atoms with Crippen molar-refractivity contribution in [3.8, 4) is 0 Å². The summed E-state index contributed by atoms with van der Waals surface area (Å²) in [4.78, 5) is 10.1. The van der Waals surface area contributed by atoms with E-state index in [-0.39, 0.29) is 11.0 Å². The summed E-state index contributed by atoms with van der Waals surface area (Å²) in [6.45, 7) is 5.16. The molecule has 66 valence electrons. The molecular formula is C7H14O3S. The van der Waals surface area contributed by atoms with Crippen molar-refractivity contribution in [1.82, 2.24) is 0 Å².